The molecule has 0 fully saturated rings. The molecule has 0 radical (unpaired) electrons. The molecule has 0 saturated heterocycles. The second-order valence-electron chi connectivity index (χ2n) is 7.29. The van der Waals surface area contributed by atoms with Crippen molar-refractivity contribution < 1.29 is 9.53 Å². The zero-order chi connectivity index (χ0) is 22.7. The first-order chi connectivity index (χ1) is 15.5. The highest BCUT2D eigenvalue weighted by Gasteiger charge is 2.13. The van der Waals surface area contributed by atoms with E-state index in [4.69, 9.17) is 9.72 Å². The smallest absolute Gasteiger partial charge is 0.338 e. The fraction of sp³-hybridized carbons (Fsp3) is 0.115. The molecular formula is C26H21IN2O3. The molecule has 4 rings (SSSR count). The van der Waals surface area contributed by atoms with Crippen LogP contribution in [0.5, 0.6) is 0 Å². The van der Waals surface area contributed by atoms with Gasteiger partial charge in [-0.25, -0.2) is 9.78 Å². The summed E-state index contributed by atoms with van der Waals surface area (Å²) in [5.41, 5.74) is 3.70. The maximum absolute atomic E-state index is 13.5. The van der Waals surface area contributed by atoms with Crippen LogP contribution in [0.25, 0.3) is 28.7 Å². The van der Waals surface area contributed by atoms with E-state index in [1.807, 2.05) is 55.5 Å². The number of esters is 1. The molecule has 1 aromatic heterocycles. The Morgan fingerprint density at radius 2 is 1.84 bits per heavy atom. The van der Waals surface area contributed by atoms with E-state index < -0.39 is 5.97 Å². The minimum Gasteiger partial charge on any atom is -0.462 e. The summed E-state index contributed by atoms with van der Waals surface area (Å²) < 4.78 is 7.59. The largest absolute Gasteiger partial charge is 0.462 e. The molecule has 4 aromatic rings. The van der Waals surface area contributed by atoms with E-state index in [2.05, 4.69) is 28.7 Å². The predicted molar refractivity (Wildman–Crippen MR) is 136 cm³/mol. The van der Waals surface area contributed by atoms with Crippen molar-refractivity contribution in [1.82, 2.24) is 9.55 Å². The molecule has 160 valence electrons. The van der Waals surface area contributed by atoms with E-state index in [0.29, 0.717) is 34.6 Å². The number of carbonyl (C=O) groups is 1. The maximum atomic E-state index is 13.5. The van der Waals surface area contributed by atoms with Crippen molar-refractivity contribution in [2.75, 3.05) is 6.61 Å². The lowest BCUT2D eigenvalue weighted by atomic mass is 10.1. The summed E-state index contributed by atoms with van der Waals surface area (Å²) in [5, 5.41) is 0.541. The first kappa shape index (κ1) is 22.0. The van der Waals surface area contributed by atoms with Gasteiger partial charge in [-0.15, -0.1) is 0 Å². The molecule has 0 atom stereocenters. The van der Waals surface area contributed by atoms with Crippen LogP contribution in [-0.4, -0.2) is 22.1 Å². The SMILES string of the molecule is CCOC(=O)c1ccc(-n2c(C=Cc3cccc(C)c3)nc3ccc(I)cc3c2=O)cc1. The van der Waals surface area contributed by atoms with Crippen LogP contribution >= 0.6 is 22.6 Å². The summed E-state index contributed by atoms with van der Waals surface area (Å²) in [7, 11) is 0. The van der Waals surface area contributed by atoms with Crippen molar-refractivity contribution in [2.24, 2.45) is 0 Å². The van der Waals surface area contributed by atoms with E-state index in [-0.39, 0.29) is 5.56 Å². The minimum absolute atomic E-state index is 0.165. The van der Waals surface area contributed by atoms with E-state index in [1.165, 1.54) is 0 Å². The van der Waals surface area contributed by atoms with Gasteiger partial charge in [-0.05, 0) is 90.5 Å². The molecule has 5 nitrogen and oxygen atoms in total. The molecule has 0 aliphatic carbocycles. The van der Waals surface area contributed by atoms with Crippen LogP contribution in [0, 0.1) is 10.5 Å². The lowest BCUT2D eigenvalue weighted by Gasteiger charge is -2.12. The van der Waals surface area contributed by atoms with Gasteiger partial charge in [-0.3, -0.25) is 9.36 Å². The van der Waals surface area contributed by atoms with Crippen molar-refractivity contribution in [1.29, 1.82) is 0 Å². The van der Waals surface area contributed by atoms with Crippen molar-refractivity contribution in [2.45, 2.75) is 13.8 Å². The number of nitrogens with zero attached hydrogens (tertiary/aromatic N) is 2. The Morgan fingerprint density at radius 3 is 2.56 bits per heavy atom. The van der Waals surface area contributed by atoms with Crippen LogP contribution in [0.3, 0.4) is 0 Å². The van der Waals surface area contributed by atoms with Crippen molar-refractivity contribution >= 4 is 51.6 Å². The summed E-state index contributed by atoms with van der Waals surface area (Å²) in [6.07, 6.45) is 3.78. The van der Waals surface area contributed by atoms with E-state index >= 15 is 0 Å². The minimum atomic E-state index is -0.392. The van der Waals surface area contributed by atoms with Gasteiger partial charge in [-0.2, -0.15) is 0 Å². The molecular weight excluding hydrogens is 515 g/mol. The molecule has 0 amide bonds. The second kappa shape index (κ2) is 9.48. The molecule has 0 aliphatic heterocycles. The van der Waals surface area contributed by atoms with Crippen LogP contribution in [0.2, 0.25) is 0 Å². The molecule has 0 saturated carbocycles. The van der Waals surface area contributed by atoms with Crippen LogP contribution in [0.4, 0.5) is 0 Å². The third-order valence-corrected chi connectivity index (χ3v) is 5.63. The van der Waals surface area contributed by atoms with Crippen LogP contribution in [-0.2, 0) is 4.74 Å². The Bertz CT molecular complexity index is 1390. The Balaban J connectivity index is 1.87. The average molecular weight is 536 g/mol. The summed E-state index contributed by atoms with van der Waals surface area (Å²) in [6.45, 7) is 4.11. The highest BCUT2D eigenvalue weighted by Crippen LogP contribution is 2.18. The zero-order valence-electron chi connectivity index (χ0n) is 17.7. The van der Waals surface area contributed by atoms with Crippen molar-refractivity contribution in [3.05, 3.63) is 103 Å². The number of fused-ring (bicyclic) bond motifs is 1. The molecule has 0 unspecified atom stereocenters. The maximum Gasteiger partial charge on any atom is 0.338 e. The van der Waals surface area contributed by atoms with Gasteiger partial charge in [0.05, 0.1) is 28.8 Å². The zero-order valence-corrected chi connectivity index (χ0v) is 19.9. The topological polar surface area (TPSA) is 61.2 Å². The quantitative estimate of drug-likeness (QED) is 0.245. The van der Waals surface area contributed by atoms with Gasteiger partial charge >= 0.3 is 5.97 Å². The number of hydrogen-bond donors (Lipinski definition) is 0. The summed E-state index contributed by atoms with van der Waals surface area (Å²) >= 11 is 2.19. The lowest BCUT2D eigenvalue weighted by molar-refractivity contribution is 0.0526. The van der Waals surface area contributed by atoms with Gasteiger partial charge < -0.3 is 4.74 Å². The number of carbonyl (C=O) groups excluding carboxylic acids is 1. The van der Waals surface area contributed by atoms with Crippen LogP contribution < -0.4 is 5.56 Å². The van der Waals surface area contributed by atoms with Crippen molar-refractivity contribution in [3.63, 3.8) is 0 Å². The highest BCUT2D eigenvalue weighted by atomic mass is 127. The molecule has 0 bridgehead atoms. The number of hydrogen-bond acceptors (Lipinski definition) is 4. The fourth-order valence-corrected chi connectivity index (χ4v) is 3.93. The molecule has 0 spiro atoms. The highest BCUT2D eigenvalue weighted by molar-refractivity contribution is 14.1. The van der Waals surface area contributed by atoms with E-state index in [9.17, 15) is 9.59 Å². The third kappa shape index (κ3) is 4.65. The number of benzene rings is 3. The Hall–Kier alpha value is -3.26. The molecule has 0 aliphatic rings. The Morgan fingerprint density at radius 1 is 1.06 bits per heavy atom. The van der Waals surface area contributed by atoms with Crippen LogP contribution in [0.15, 0.2) is 71.5 Å². The standard InChI is InChI=1S/C26H21IN2O3/c1-3-32-26(31)19-8-11-21(12-9-19)29-24(14-7-18-6-4-5-17(2)15-18)28-23-13-10-20(27)16-22(23)25(29)30/h4-16H,3H2,1-2H3. The second-order valence-corrected chi connectivity index (χ2v) is 8.53. The Labute approximate surface area is 199 Å². The van der Waals surface area contributed by atoms with Gasteiger partial charge in [0.1, 0.15) is 5.82 Å². The third-order valence-electron chi connectivity index (χ3n) is 4.96. The molecule has 3 aromatic carbocycles. The van der Waals surface area contributed by atoms with Crippen molar-refractivity contribution in [3.8, 4) is 5.69 Å². The van der Waals surface area contributed by atoms with Crippen LogP contribution in [0.1, 0.15) is 34.2 Å². The molecule has 6 heteroatoms. The first-order valence-electron chi connectivity index (χ1n) is 10.2. The summed E-state index contributed by atoms with van der Waals surface area (Å²) in [5.74, 6) is 0.117. The summed E-state index contributed by atoms with van der Waals surface area (Å²) in [6, 6.07) is 20.5. The monoisotopic (exact) mass is 536 g/mol. The number of rotatable bonds is 5. The average Bonchev–Trinajstić information content (AvgIpc) is 2.79. The van der Waals surface area contributed by atoms with Gasteiger partial charge in [-0.1, -0.05) is 35.9 Å². The predicted octanol–water partition coefficient (Wildman–Crippen LogP) is 5.65. The molecule has 0 N–H and O–H groups in total. The molecule has 32 heavy (non-hydrogen) atoms. The fourth-order valence-electron chi connectivity index (χ4n) is 3.44. The first-order valence-corrected chi connectivity index (χ1v) is 11.3. The Kier molecular flexibility index (Phi) is 6.50. The van der Waals surface area contributed by atoms with Gasteiger partial charge in [0.25, 0.3) is 5.56 Å². The normalized spacial score (nSPS) is 11.2. The molecule has 1 heterocycles. The summed E-state index contributed by atoms with van der Waals surface area (Å²) in [4.78, 5) is 30.3. The number of aromatic nitrogens is 2. The number of ether oxygens (including phenoxy) is 1. The van der Waals surface area contributed by atoms with E-state index in [0.717, 1.165) is 14.7 Å². The van der Waals surface area contributed by atoms with E-state index in [1.54, 1.807) is 35.8 Å². The lowest BCUT2D eigenvalue weighted by Crippen LogP contribution is -2.22. The van der Waals surface area contributed by atoms with Gasteiger partial charge in [0, 0.05) is 3.57 Å². The van der Waals surface area contributed by atoms with Gasteiger partial charge in [0.2, 0.25) is 0 Å². The number of halogens is 1. The van der Waals surface area contributed by atoms with Gasteiger partial charge in [0.15, 0.2) is 0 Å². The number of aryl methyl sites for hydroxylation is 1.